The summed E-state index contributed by atoms with van der Waals surface area (Å²) in [6.07, 6.45) is 3.44. The SMILES string of the molecule is O=C(NC1CCN(c2cccc(F)c2)CC1)c1cc(Br)c[nH]1. The van der Waals surface area contributed by atoms with E-state index in [2.05, 4.69) is 31.1 Å². The largest absolute Gasteiger partial charge is 0.371 e. The molecule has 0 atom stereocenters. The van der Waals surface area contributed by atoms with Gasteiger partial charge in [0.15, 0.2) is 0 Å². The Bertz CT molecular complexity index is 665. The fourth-order valence-corrected chi connectivity index (χ4v) is 3.06. The molecule has 1 aliphatic rings. The maximum Gasteiger partial charge on any atom is 0.267 e. The van der Waals surface area contributed by atoms with Crippen LogP contribution in [-0.2, 0) is 0 Å². The number of nitrogens with zero attached hydrogens (tertiary/aromatic N) is 1. The third-order valence-corrected chi connectivity index (χ3v) is 4.35. The van der Waals surface area contributed by atoms with E-state index in [9.17, 15) is 9.18 Å². The highest BCUT2D eigenvalue weighted by Crippen LogP contribution is 2.21. The van der Waals surface area contributed by atoms with Crippen molar-refractivity contribution in [1.82, 2.24) is 10.3 Å². The molecule has 1 amide bonds. The van der Waals surface area contributed by atoms with Crippen LogP contribution in [0.3, 0.4) is 0 Å². The minimum atomic E-state index is -0.217. The summed E-state index contributed by atoms with van der Waals surface area (Å²) in [4.78, 5) is 17.2. The molecule has 1 aliphatic heterocycles. The number of rotatable bonds is 3. The zero-order valence-corrected chi connectivity index (χ0v) is 13.6. The Morgan fingerprint density at radius 2 is 2.09 bits per heavy atom. The second-order valence-electron chi connectivity index (χ2n) is 5.45. The molecule has 0 spiro atoms. The first-order valence-corrected chi connectivity index (χ1v) is 8.06. The lowest BCUT2D eigenvalue weighted by Gasteiger charge is -2.33. The Kier molecular flexibility index (Phi) is 4.47. The molecule has 116 valence electrons. The maximum atomic E-state index is 13.3. The highest BCUT2D eigenvalue weighted by Gasteiger charge is 2.22. The van der Waals surface area contributed by atoms with Crippen LogP contribution in [0.25, 0.3) is 0 Å². The molecule has 2 N–H and O–H groups in total. The Balaban J connectivity index is 1.54. The van der Waals surface area contributed by atoms with Crippen LogP contribution in [-0.4, -0.2) is 30.0 Å². The maximum absolute atomic E-state index is 13.3. The van der Waals surface area contributed by atoms with E-state index >= 15 is 0 Å². The quantitative estimate of drug-likeness (QED) is 0.876. The van der Waals surface area contributed by atoms with E-state index in [4.69, 9.17) is 0 Å². The molecule has 1 aromatic carbocycles. The molecule has 0 radical (unpaired) electrons. The Morgan fingerprint density at radius 1 is 1.32 bits per heavy atom. The number of aromatic amines is 1. The summed E-state index contributed by atoms with van der Waals surface area (Å²) in [7, 11) is 0. The number of nitrogens with one attached hydrogen (secondary N) is 2. The standard InChI is InChI=1S/C16H17BrFN3O/c17-11-8-15(19-10-11)16(22)20-13-4-6-21(7-5-13)14-3-1-2-12(18)9-14/h1-3,8-10,13,19H,4-7H2,(H,20,22). The molecule has 2 heterocycles. The van der Waals surface area contributed by atoms with Crippen molar-refractivity contribution < 1.29 is 9.18 Å². The Labute approximate surface area is 136 Å². The van der Waals surface area contributed by atoms with Crippen molar-refractivity contribution in [3.8, 4) is 0 Å². The average Bonchev–Trinajstić information content (AvgIpc) is 2.95. The lowest BCUT2D eigenvalue weighted by atomic mass is 10.0. The molecule has 0 aliphatic carbocycles. The van der Waals surface area contributed by atoms with Gasteiger partial charge in [-0.3, -0.25) is 4.79 Å². The number of benzene rings is 1. The Hall–Kier alpha value is -1.82. The Morgan fingerprint density at radius 3 is 2.73 bits per heavy atom. The van der Waals surface area contributed by atoms with E-state index in [0.29, 0.717) is 5.69 Å². The van der Waals surface area contributed by atoms with Crippen LogP contribution in [0.1, 0.15) is 23.3 Å². The fraction of sp³-hybridized carbons (Fsp3) is 0.312. The van der Waals surface area contributed by atoms with Crippen molar-refractivity contribution >= 4 is 27.5 Å². The van der Waals surface area contributed by atoms with Gasteiger partial charge in [-0.05, 0) is 53.0 Å². The van der Waals surface area contributed by atoms with Gasteiger partial charge in [-0.1, -0.05) is 6.07 Å². The van der Waals surface area contributed by atoms with E-state index < -0.39 is 0 Å². The van der Waals surface area contributed by atoms with Gasteiger partial charge in [0.2, 0.25) is 0 Å². The minimum Gasteiger partial charge on any atom is -0.371 e. The van der Waals surface area contributed by atoms with Crippen LogP contribution in [0.15, 0.2) is 41.0 Å². The van der Waals surface area contributed by atoms with Crippen LogP contribution in [0.5, 0.6) is 0 Å². The van der Waals surface area contributed by atoms with E-state index in [-0.39, 0.29) is 17.8 Å². The van der Waals surface area contributed by atoms with Gasteiger partial charge in [0.25, 0.3) is 5.91 Å². The van der Waals surface area contributed by atoms with E-state index in [1.807, 2.05) is 6.07 Å². The number of H-pyrrole nitrogens is 1. The number of amides is 1. The molecule has 1 aromatic heterocycles. The van der Waals surface area contributed by atoms with Crippen molar-refractivity contribution in [2.24, 2.45) is 0 Å². The first-order chi connectivity index (χ1) is 10.6. The van der Waals surface area contributed by atoms with Crippen molar-refractivity contribution in [1.29, 1.82) is 0 Å². The molecule has 3 rings (SSSR count). The van der Waals surface area contributed by atoms with Crippen LogP contribution in [0, 0.1) is 5.82 Å². The smallest absolute Gasteiger partial charge is 0.267 e. The second-order valence-corrected chi connectivity index (χ2v) is 6.36. The summed E-state index contributed by atoms with van der Waals surface area (Å²) in [5.74, 6) is -0.305. The van der Waals surface area contributed by atoms with E-state index in [0.717, 1.165) is 36.1 Å². The lowest BCUT2D eigenvalue weighted by molar-refractivity contribution is 0.0926. The molecule has 0 bridgehead atoms. The number of carbonyl (C=O) groups excluding carboxylic acids is 1. The first-order valence-electron chi connectivity index (χ1n) is 7.27. The normalized spacial score (nSPS) is 15.8. The highest BCUT2D eigenvalue weighted by molar-refractivity contribution is 9.10. The van der Waals surface area contributed by atoms with Gasteiger partial charge in [-0.25, -0.2) is 4.39 Å². The predicted molar refractivity (Wildman–Crippen MR) is 87.6 cm³/mol. The van der Waals surface area contributed by atoms with Crippen LogP contribution >= 0.6 is 15.9 Å². The van der Waals surface area contributed by atoms with Gasteiger partial charge in [0.05, 0.1) is 0 Å². The summed E-state index contributed by atoms with van der Waals surface area (Å²) < 4.78 is 14.1. The third-order valence-electron chi connectivity index (χ3n) is 3.90. The lowest BCUT2D eigenvalue weighted by Crippen LogP contribution is -2.44. The van der Waals surface area contributed by atoms with Gasteiger partial charge < -0.3 is 15.2 Å². The molecule has 2 aromatic rings. The average molecular weight is 366 g/mol. The highest BCUT2D eigenvalue weighted by atomic mass is 79.9. The minimum absolute atomic E-state index is 0.0881. The van der Waals surface area contributed by atoms with Crippen molar-refractivity contribution in [2.45, 2.75) is 18.9 Å². The molecule has 1 fully saturated rings. The molecule has 4 nitrogen and oxygen atoms in total. The molecule has 22 heavy (non-hydrogen) atoms. The first kappa shape index (κ1) is 15.1. The fourth-order valence-electron chi connectivity index (χ4n) is 2.72. The van der Waals surface area contributed by atoms with Crippen LogP contribution < -0.4 is 10.2 Å². The molecule has 6 heteroatoms. The van der Waals surface area contributed by atoms with Crippen molar-refractivity contribution in [3.63, 3.8) is 0 Å². The zero-order valence-electron chi connectivity index (χ0n) is 12.0. The number of aromatic nitrogens is 1. The number of halogens is 2. The van der Waals surface area contributed by atoms with Crippen molar-refractivity contribution in [2.75, 3.05) is 18.0 Å². The number of hydrogen-bond donors (Lipinski definition) is 2. The van der Waals surface area contributed by atoms with Gasteiger partial charge in [0, 0.05) is 35.5 Å². The third kappa shape index (κ3) is 3.50. The number of piperidine rings is 1. The summed E-state index contributed by atoms with van der Waals surface area (Å²) >= 11 is 3.32. The second kappa shape index (κ2) is 6.52. The van der Waals surface area contributed by atoms with E-state index in [1.54, 1.807) is 24.4 Å². The van der Waals surface area contributed by atoms with E-state index in [1.165, 1.54) is 6.07 Å². The van der Waals surface area contributed by atoms with Gasteiger partial charge in [0.1, 0.15) is 11.5 Å². The summed E-state index contributed by atoms with van der Waals surface area (Å²) in [6.45, 7) is 1.62. The summed E-state index contributed by atoms with van der Waals surface area (Å²) in [5.41, 5.74) is 1.46. The van der Waals surface area contributed by atoms with Crippen LogP contribution in [0.4, 0.5) is 10.1 Å². The number of anilines is 1. The molecule has 1 saturated heterocycles. The molecular weight excluding hydrogens is 349 g/mol. The van der Waals surface area contributed by atoms with Gasteiger partial charge in [-0.15, -0.1) is 0 Å². The topological polar surface area (TPSA) is 48.1 Å². The summed E-state index contributed by atoms with van der Waals surface area (Å²) in [5, 5.41) is 3.04. The molecule has 0 unspecified atom stereocenters. The summed E-state index contributed by atoms with van der Waals surface area (Å²) in [6, 6.07) is 8.55. The molecular formula is C16H17BrFN3O. The predicted octanol–water partition coefficient (Wildman–Crippen LogP) is 3.32. The number of carbonyl (C=O) groups is 1. The van der Waals surface area contributed by atoms with Crippen LogP contribution in [0.2, 0.25) is 0 Å². The zero-order chi connectivity index (χ0) is 15.5. The monoisotopic (exact) mass is 365 g/mol. The van der Waals surface area contributed by atoms with Gasteiger partial charge >= 0.3 is 0 Å². The van der Waals surface area contributed by atoms with Crippen molar-refractivity contribution in [3.05, 3.63) is 52.5 Å². The number of hydrogen-bond acceptors (Lipinski definition) is 2. The molecule has 0 saturated carbocycles. The van der Waals surface area contributed by atoms with Gasteiger partial charge in [-0.2, -0.15) is 0 Å².